The molecule has 0 N–H and O–H groups in total. The lowest BCUT2D eigenvalue weighted by molar-refractivity contribution is 0.00696. The Morgan fingerprint density at radius 1 is 1.12 bits per heavy atom. The maximum Gasteiger partial charge on any atom is 0.339 e. The molecule has 2 aromatic carbocycles. The van der Waals surface area contributed by atoms with Crippen molar-refractivity contribution < 1.29 is 22.7 Å². The minimum absolute atomic E-state index is 0.0243. The fourth-order valence-electron chi connectivity index (χ4n) is 2.29. The fourth-order valence-corrected chi connectivity index (χ4v) is 2.76. The molecule has 0 amide bonds. The molecule has 0 saturated carbocycles. The average molecular weight is 401 g/mol. The molecule has 2 rings (SSSR count). The van der Waals surface area contributed by atoms with Gasteiger partial charge in [-0.2, -0.15) is 0 Å². The lowest BCUT2D eigenvalue weighted by Crippen LogP contribution is -2.25. The van der Waals surface area contributed by atoms with Crippen molar-refractivity contribution in [3.05, 3.63) is 58.9 Å². The lowest BCUT2D eigenvalue weighted by Gasteiger charge is -2.22. The predicted octanol–water partition coefficient (Wildman–Crippen LogP) is 5.62. The molecule has 128 valence electrons. The highest BCUT2D eigenvalue weighted by Crippen LogP contribution is 2.33. The summed E-state index contributed by atoms with van der Waals surface area (Å²) in [5.41, 5.74) is -0.636. The van der Waals surface area contributed by atoms with Crippen molar-refractivity contribution in [2.75, 3.05) is 0 Å². The summed E-state index contributed by atoms with van der Waals surface area (Å²) >= 11 is 3.26. The zero-order chi connectivity index (χ0) is 18.1. The van der Waals surface area contributed by atoms with Crippen LogP contribution in [0.5, 0.6) is 0 Å². The quantitative estimate of drug-likeness (QED) is 0.493. The van der Waals surface area contributed by atoms with E-state index in [4.69, 9.17) is 4.74 Å². The van der Waals surface area contributed by atoms with Crippen molar-refractivity contribution in [3.63, 3.8) is 0 Å². The molecule has 0 aliphatic carbocycles. The zero-order valence-electron chi connectivity index (χ0n) is 13.4. The first-order valence-corrected chi connectivity index (χ1v) is 8.32. The Morgan fingerprint density at radius 3 is 2.21 bits per heavy atom. The van der Waals surface area contributed by atoms with Crippen LogP contribution in [0, 0.1) is 17.5 Å². The molecule has 0 unspecified atom stereocenters. The molecule has 0 fully saturated rings. The van der Waals surface area contributed by atoms with Gasteiger partial charge in [0, 0.05) is 23.0 Å². The first-order valence-electron chi connectivity index (χ1n) is 7.20. The van der Waals surface area contributed by atoms with Gasteiger partial charge >= 0.3 is 5.97 Å². The van der Waals surface area contributed by atoms with Crippen LogP contribution in [0.15, 0.2) is 30.3 Å². The van der Waals surface area contributed by atoms with E-state index >= 15 is 0 Å². The van der Waals surface area contributed by atoms with Gasteiger partial charge in [-0.15, -0.1) is 0 Å². The summed E-state index contributed by atoms with van der Waals surface area (Å²) in [4.78, 5) is 12.6. The van der Waals surface area contributed by atoms with Crippen molar-refractivity contribution >= 4 is 21.9 Å². The van der Waals surface area contributed by atoms with Gasteiger partial charge in [-0.3, -0.25) is 0 Å². The maximum absolute atomic E-state index is 14.2. The molecule has 0 spiro atoms. The number of rotatable bonds is 3. The van der Waals surface area contributed by atoms with E-state index in [2.05, 4.69) is 15.9 Å². The average Bonchev–Trinajstić information content (AvgIpc) is 2.43. The van der Waals surface area contributed by atoms with Gasteiger partial charge in [0.25, 0.3) is 0 Å². The lowest BCUT2D eigenvalue weighted by atomic mass is 9.95. The van der Waals surface area contributed by atoms with E-state index in [1.165, 1.54) is 6.07 Å². The van der Waals surface area contributed by atoms with Crippen molar-refractivity contribution in [1.82, 2.24) is 0 Å². The van der Waals surface area contributed by atoms with Gasteiger partial charge < -0.3 is 4.74 Å². The molecular weight excluding hydrogens is 385 g/mol. The molecule has 0 aliphatic heterocycles. The number of halogens is 4. The summed E-state index contributed by atoms with van der Waals surface area (Å²) in [5.74, 6) is -3.88. The van der Waals surface area contributed by atoms with Crippen LogP contribution in [0.2, 0.25) is 0 Å². The van der Waals surface area contributed by atoms with Crippen molar-refractivity contribution in [3.8, 4) is 11.1 Å². The van der Waals surface area contributed by atoms with Crippen LogP contribution in [0.1, 0.15) is 36.7 Å². The van der Waals surface area contributed by atoms with E-state index < -0.39 is 34.6 Å². The number of carbonyl (C=O) groups excluding carboxylic acids is 1. The molecule has 0 atom stereocenters. The van der Waals surface area contributed by atoms with Crippen LogP contribution < -0.4 is 0 Å². The smallest absolute Gasteiger partial charge is 0.339 e. The van der Waals surface area contributed by atoms with E-state index in [0.717, 1.165) is 0 Å². The molecule has 0 heterocycles. The topological polar surface area (TPSA) is 26.3 Å². The standard InChI is InChI=1S/C18H16BrF3O2/c1-18(2,3)24-17(23)15-10(9-19)5-4-6-12(15)16-13(21)7-11(20)8-14(16)22/h4-8H,9H2,1-3H3. The van der Waals surface area contributed by atoms with Crippen LogP contribution in [-0.2, 0) is 10.1 Å². The first kappa shape index (κ1) is 18.5. The van der Waals surface area contributed by atoms with Crippen molar-refractivity contribution in [2.24, 2.45) is 0 Å². The Kier molecular flexibility index (Phi) is 5.38. The van der Waals surface area contributed by atoms with E-state index in [9.17, 15) is 18.0 Å². The van der Waals surface area contributed by atoms with Gasteiger partial charge in [0.1, 0.15) is 23.1 Å². The Bertz CT molecular complexity index is 759. The molecular formula is C18H16BrF3O2. The second-order valence-electron chi connectivity index (χ2n) is 6.22. The molecule has 0 saturated heterocycles. The van der Waals surface area contributed by atoms with E-state index in [0.29, 0.717) is 23.0 Å². The number of esters is 1. The second kappa shape index (κ2) is 6.97. The normalized spacial score (nSPS) is 11.5. The summed E-state index contributed by atoms with van der Waals surface area (Å²) in [6, 6.07) is 5.79. The maximum atomic E-state index is 14.2. The zero-order valence-corrected chi connectivity index (χ0v) is 15.0. The molecule has 0 aromatic heterocycles. The number of ether oxygens (including phenoxy) is 1. The van der Waals surface area contributed by atoms with Crippen LogP contribution in [0.4, 0.5) is 13.2 Å². The molecule has 6 heteroatoms. The third-order valence-electron chi connectivity index (χ3n) is 3.17. The molecule has 0 radical (unpaired) electrons. The predicted molar refractivity (Wildman–Crippen MR) is 89.6 cm³/mol. The van der Waals surface area contributed by atoms with E-state index in [-0.39, 0.29) is 11.1 Å². The number of hydrogen-bond acceptors (Lipinski definition) is 2. The second-order valence-corrected chi connectivity index (χ2v) is 6.78. The van der Waals surface area contributed by atoms with Gasteiger partial charge in [-0.05, 0) is 26.3 Å². The summed E-state index contributed by atoms with van der Waals surface area (Å²) in [7, 11) is 0. The number of carbonyl (C=O) groups is 1. The minimum Gasteiger partial charge on any atom is -0.456 e. The highest BCUT2D eigenvalue weighted by molar-refractivity contribution is 9.08. The molecule has 0 bridgehead atoms. The third-order valence-corrected chi connectivity index (χ3v) is 3.78. The van der Waals surface area contributed by atoms with E-state index in [1.54, 1.807) is 32.9 Å². The Balaban J connectivity index is 2.70. The van der Waals surface area contributed by atoms with Crippen molar-refractivity contribution in [2.45, 2.75) is 31.7 Å². The monoisotopic (exact) mass is 400 g/mol. The van der Waals surface area contributed by atoms with Gasteiger partial charge in [0.15, 0.2) is 0 Å². The highest BCUT2D eigenvalue weighted by Gasteiger charge is 2.26. The van der Waals surface area contributed by atoms with Gasteiger partial charge in [0.05, 0.1) is 11.1 Å². The van der Waals surface area contributed by atoms with Crippen LogP contribution in [0.3, 0.4) is 0 Å². The Hall–Kier alpha value is -1.82. The minimum atomic E-state index is -1.08. The van der Waals surface area contributed by atoms with Crippen LogP contribution in [0.25, 0.3) is 11.1 Å². The van der Waals surface area contributed by atoms with Gasteiger partial charge in [-0.25, -0.2) is 18.0 Å². The van der Waals surface area contributed by atoms with Gasteiger partial charge in [0.2, 0.25) is 0 Å². The number of alkyl halides is 1. The summed E-state index contributed by atoms with van der Waals surface area (Å²) in [6.45, 7) is 5.08. The third kappa shape index (κ3) is 3.98. The molecule has 2 aromatic rings. The first-order chi connectivity index (χ1) is 11.1. The van der Waals surface area contributed by atoms with E-state index in [1.807, 2.05) is 0 Å². The van der Waals surface area contributed by atoms with Crippen LogP contribution >= 0.6 is 15.9 Å². The molecule has 2 nitrogen and oxygen atoms in total. The molecule has 0 aliphatic rings. The fraction of sp³-hybridized carbons (Fsp3) is 0.278. The summed E-state index contributed by atoms with van der Waals surface area (Å²) in [5, 5.41) is 0.292. The Morgan fingerprint density at radius 2 is 1.71 bits per heavy atom. The summed E-state index contributed by atoms with van der Waals surface area (Å²) < 4.78 is 46.9. The number of hydrogen-bond donors (Lipinski definition) is 0. The highest BCUT2D eigenvalue weighted by atomic mass is 79.9. The number of benzene rings is 2. The Labute approximate surface area is 146 Å². The van der Waals surface area contributed by atoms with Crippen molar-refractivity contribution in [1.29, 1.82) is 0 Å². The SMILES string of the molecule is CC(C)(C)OC(=O)c1c(CBr)cccc1-c1c(F)cc(F)cc1F. The molecule has 24 heavy (non-hydrogen) atoms. The summed E-state index contributed by atoms with van der Waals surface area (Å²) in [6.07, 6.45) is 0. The van der Waals surface area contributed by atoms with Crippen LogP contribution in [-0.4, -0.2) is 11.6 Å². The largest absolute Gasteiger partial charge is 0.456 e. The van der Waals surface area contributed by atoms with Gasteiger partial charge in [-0.1, -0.05) is 34.1 Å².